The van der Waals surface area contributed by atoms with Crippen molar-refractivity contribution in [3.05, 3.63) is 0 Å². The fraction of sp³-hybridized carbons (Fsp3) is 1.00. The lowest BCUT2D eigenvalue weighted by Crippen LogP contribution is -2.43. The Bertz CT molecular complexity index is 213. The molecule has 2 unspecified atom stereocenters. The van der Waals surface area contributed by atoms with Crippen LogP contribution in [0.1, 0.15) is 34.1 Å². The number of nitrogens with zero attached hydrogens (tertiary/aromatic N) is 1. The summed E-state index contributed by atoms with van der Waals surface area (Å²) in [6, 6.07) is 0.557. The fourth-order valence-corrected chi connectivity index (χ4v) is 2.27. The van der Waals surface area contributed by atoms with Crippen molar-refractivity contribution in [2.45, 2.75) is 40.2 Å². The third-order valence-corrected chi connectivity index (χ3v) is 3.79. The molecule has 0 saturated carbocycles. The van der Waals surface area contributed by atoms with E-state index in [1.165, 1.54) is 0 Å². The first-order valence-corrected chi connectivity index (χ1v) is 7.95. The highest BCUT2D eigenvalue weighted by Gasteiger charge is 2.19. The van der Waals surface area contributed by atoms with Crippen LogP contribution in [0, 0.1) is 11.8 Å². The second-order valence-corrected chi connectivity index (χ2v) is 6.15. The molecule has 0 bridgehead atoms. The summed E-state index contributed by atoms with van der Waals surface area (Å²) in [5, 5.41) is 3.56. The van der Waals surface area contributed by atoms with Crippen molar-refractivity contribution in [3.63, 3.8) is 0 Å². The van der Waals surface area contributed by atoms with Gasteiger partial charge in [-0.2, -0.15) is 0 Å². The molecule has 0 radical (unpaired) electrons. The Hall–Kier alpha value is -0.160. The maximum Gasteiger partial charge on any atom is 0.0589 e. The lowest BCUT2D eigenvalue weighted by Gasteiger charge is -2.33. The Labute approximate surface area is 126 Å². The molecule has 0 rings (SSSR count). The normalized spacial score (nSPS) is 15.0. The van der Waals surface area contributed by atoms with Gasteiger partial charge >= 0.3 is 0 Å². The van der Waals surface area contributed by atoms with E-state index in [0.29, 0.717) is 17.9 Å². The Morgan fingerprint density at radius 3 is 2.10 bits per heavy atom. The van der Waals surface area contributed by atoms with Crippen molar-refractivity contribution in [1.29, 1.82) is 0 Å². The molecule has 0 fully saturated rings. The molecule has 0 aromatic carbocycles. The molecular weight excluding hydrogens is 252 g/mol. The van der Waals surface area contributed by atoms with E-state index in [1.54, 1.807) is 14.2 Å². The van der Waals surface area contributed by atoms with E-state index >= 15 is 0 Å². The zero-order valence-electron chi connectivity index (χ0n) is 14.4. The minimum atomic E-state index is 0.557. The molecule has 0 saturated heterocycles. The number of ether oxygens (including phenoxy) is 2. The number of methoxy groups -OCH3 is 2. The summed E-state index contributed by atoms with van der Waals surface area (Å²) in [6.45, 7) is 15.0. The Kier molecular flexibility index (Phi) is 12.5. The Morgan fingerprint density at radius 1 is 0.900 bits per heavy atom. The molecule has 0 aliphatic carbocycles. The number of hydrogen-bond donors (Lipinski definition) is 1. The van der Waals surface area contributed by atoms with Crippen LogP contribution in [-0.2, 0) is 9.47 Å². The van der Waals surface area contributed by atoms with Gasteiger partial charge in [0.05, 0.1) is 6.61 Å². The van der Waals surface area contributed by atoms with Crippen LogP contribution in [0.5, 0.6) is 0 Å². The van der Waals surface area contributed by atoms with Gasteiger partial charge in [0, 0.05) is 40.0 Å². The number of hydrogen-bond acceptors (Lipinski definition) is 4. The molecule has 1 N–H and O–H groups in total. The number of rotatable bonds is 13. The highest BCUT2D eigenvalue weighted by atomic mass is 16.5. The SMILES string of the molecule is COCCCN(CCOC)C(C)C(C)CNCC(C)C. The lowest BCUT2D eigenvalue weighted by atomic mass is 10.0. The van der Waals surface area contributed by atoms with Gasteiger partial charge in [0.25, 0.3) is 0 Å². The van der Waals surface area contributed by atoms with E-state index in [4.69, 9.17) is 9.47 Å². The number of nitrogens with one attached hydrogen (secondary N) is 1. The third-order valence-electron chi connectivity index (χ3n) is 3.79. The van der Waals surface area contributed by atoms with Crippen LogP contribution >= 0.6 is 0 Å². The standard InChI is InChI=1S/C16H36N2O2/c1-14(2)12-17-13-15(3)16(4)18(9-11-20-6)8-7-10-19-5/h14-17H,7-13H2,1-6H3. The van der Waals surface area contributed by atoms with Gasteiger partial charge in [-0.05, 0) is 38.3 Å². The molecule has 4 nitrogen and oxygen atoms in total. The van der Waals surface area contributed by atoms with E-state index in [1.807, 2.05) is 0 Å². The molecule has 4 heteroatoms. The van der Waals surface area contributed by atoms with Crippen LogP contribution in [0.2, 0.25) is 0 Å². The molecular formula is C16H36N2O2. The zero-order valence-corrected chi connectivity index (χ0v) is 14.4. The van der Waals surface area contributed by atoms with E-state index in [9.17, 15) is 0 Å². The summed E-state index contributed by atoms with van der Waals surface area (Å²) in [5.41, 5.74) is 0. The van der Waals surface area contributed by atoms with Crippen molar-refractivity contribution >= 4 is 0 Å². The van der Waals surface area contributed by atoms with Crippen LogP contribution in [-0.4, -0.2) is 64.6 Å². The van der Waals surface area contributed by atoms with E-state index in [-0.39, 0.29) is 0 Å². The molecule has 0 spiro atoms. The first-order valence-electron chi connectivity index (χ1n) is 7.95. The van der Waals surface area contributed by atoms with Gasteiger partial charge in [0.1, 0.15) is 0 Å². The second-order valence-electron chi connectivity index (χ2n) is 6.15. The third kappa shape index (κ3) is 9.70. The van der Waals surface area contributed by atoms with Crippen LogP contribution in [0.15, 0.2) is 0 Å². The molecule has 0 heterocycles. The maximum absolute atomic E-state index is 5.23. The van der Waals surface area contributed by atoms with Gasteiger partial charge in [-0.1, -0.05) is 20.8 Å². The van der Waals surface area contributed by atoms with Crippen LogP contribution in [0.4, 0.5) is 0 Å². The summed E-state index contributed by atoms with van der Waals surface area (Å²) >= 11 is 0. The van der Waals surface area contributed by atoms with Crippen molar-refractivity contribution in [2.24, 2.45) is 11.8 Å². The molecule has 122 valence electrons. The Balaban J connectivity index is 4.16. The maximum atomic E-state index is 5.23. The summed E-state index contributed by atoms with van der Waals surface area (Å²) in [4.78, 5) is 2.52. The van der Waals surface area contributed by atoms with Gasteiger partial charge in [-0.25, -0.2) is 0 Å². The summed E-state index contributed by atoms with van der Waals surface area (Å²) < 4.78 is 10.4. The van der Waals surface area contributed by atoms with E-state index < -0.39 is 0 Å². The second kappa shape index (κ2) is 12.6. The highest BCUT2D eigenvalue weighted by Crippen LogP contribution is 2.11. The monoisotopic (exact) mass is 288 g/mol. The molecule has 0 aromatic heterocycles. The van der Waals surface area contributed by atoms with Crippen LogP contribution in [0.3, 0.4) is 0 Å². The minimum absolute atomic E-state index is 0.557. The van der Waals surface area contributed by atoms with E-state index in [2.05, 4.69) is 37.9 Å². The summed E-state index contributed by atoms with van der Waals surface area (Å²) in [5.74, 6) is 1.34. The topological polar surface area (TPSA) is 33.7 Å². The molecule has 2 atom stereocenters. The van der Waals surface area contributed by atoms with Gasteiger partial charge in [0.2, 0.25) is 0 Å². The molecule has 0 aliphatic heterocycles. The van der Waals surface area contributed by atoms with Crippen molar-refractivity contribution in [1.82, 2.24) is 10.2 Å². The minimum Gasteiger partial charge on any atom is -0.385 e. The predicted molar refractivity (Wildman–Crippen MR) is 86.3 cm³/mol. The zero-order chi connectivity index (χ0) is 15.4. The summed E-state index contributed by atoms with van der Waals surface area (Å²) in [7, 11) is 3.53. The first-order chi connectivity index (χ1) is 9.52. The lowest BCUT2D eigenvalue weighted by molar-refractivity contribution is 0.0922. The quantitative estimate of drug-likeness (QED) is 0.527. The van der Waals surface area contributed by atoms with Gasteiger partial charge < -0.3 is 14.8 Å². The smallest absolute Gasteiger partial charge is 0.0589 e. The van der Waals surface area contributed by atoms with Gasteiger partial charge in [-0.15, -0.1) is 0 Å². The molecule has 0 aromatic rings. The highest BCUT2D eigenvalue weighted by molar-refractivity contribution is 4.75. The predicted octanol–water partition coefficient (Wildman–Crippen LogP) is 2.24. The average Bonchev–Trinajstić information content (AvgIpc) is 2.41. The van der Waals surface area contributed by atoms with E-state index in [0.717, 1.165) is 45.8 Å². The van der Waals surface area contributed by atoms with Gasteiger partial charge in [-0.3, -0.25) is 4.90 Å². The van der Waals surface area contributed by atoms with Crippen LogP contribution in [0.25, 0.3) is 0 Å². The largest absolute Gasteiger partial charge is 0.385 e. The molecule has 0 amide bonds. The Morgan fingerprint density at radius 2 is 1.55 bits per heavy atom. The van der Waals surface area contributed by atoms with Crippen LogP contribution < -0.4 is 5.32 Å². The van der Waals surface area contributed by atoms with Crippen molar-refractivity contribution < 1.29 is 9.47 Å². The average molecular weight is 288 g/mol. The van der Waals surface area contributed by atoms with Crippen molar-refractivity contribution in [3.8, 4) is 0 Å². The fourth-order valence-electron chi connectivity index (χ4n) is 2.27. The molecule has 20 heavy (non-hydrogen) atoms. The molecule has 0 aliphatic rings. The van der Waals surface area contributed by atoms with Gasteiger partial charge in [0.15, 0.2) is 0 Å². The summed E-state index contributed by atoms with van der Waals surface area (Å²) in [6.07, 6.45) is 1.08. The first kappa shape index (κ1) is 19.8. The van der Waals surface area contributed by atoms with Crippen molar-refractivity contribution in [2.75, 3.05) is 53.6 Å².